The van der Waals surface area contributed by atoms with Crippen molar-refractivity contribution in [3.8, 4) is 0 Å². The summed E-state index contributed by atoms with van der Waals surface area (Å²) in [5.41, 5.74) is 4.09. The normalized spacial score (nSPS) is 15.7. The van der Waals surface area contributed by atoms with Gasteiger partial charge in [0.05, 0.1) is 0 Å². The molecule has 1 aliphatic rings. The van der Waals surface area contributed by atoms with E-state index in [2.05, 4.69) is 34.1 Å². The molecule has 1 heterocycles. The number of aliphatic hydroxyl groups is 1. The van der Waals surface area contributed by atoms with E-state index in [1.165, 1.54) is 36.0 Å². The van der Waals surface area contributed by atoms with Crippen molar-refractivity contribution in [1.29, 1.82) is 0 Å². The molecular formula is C15H15BrO2. The summed E-state index contributed by atoms with van der Waals surface area (Å²) < 4.78 is 6.03. The van der Waals surface area contributed by atoms with E-state index in [0.29, 0.717) is 16.9 Å². The van der Waals surface area contributed by atoms with Gasteiger partial charge in [0.1, 0.15) is 11.9 Å². The lowest BCUT2D eigenvalue weighted by Gasteiger charge is -2.09. The maximum absolute atomic E-state index is 10.1. The second-order valence-electron chi connectivity index (χ2n) is 4.82. The lowest BCUT2D eigenvalue weighted by molar-refractivity contribution is 0.149. The van der Waals surface area contributed by atoms with Crippen molar-refractivity contribution in [2.45, 2.75) is 31.8 Å². The number of hydrogen-bond acceptors (Lipinski definition) is 2. The highest BCUT2D eigenvalue weighted by Crippen LogP contribution is 2.27. The summed E-state index contributed by atoms with van der Waals surface area (Å²) >= 11 is 3.25. The van der Waals surface area contributed by atoms with Crippen LogP contribution >= 0.6 is 15.9 Å². The van der Waals surface area contributed by atoms with Crippen molar-refractivity contribution >= 4 is 15.9 Å². The zero-order valence-electron chi connectivity index (χ0n) is 10.0. The number of benzene rings is 1. The maximum atomic E-state index is 10.1. The Morgan fingerprint density at radius 3 is 2.78 bits per heavy atom. The third-order valence-corrected chi connectivity index (χ3v) is 3.94. The predicted molar refractivity (Wildman–Crippen MR) is 73.5 cm³/mol. The summed E-state index contributed by atoms with van der Waals surface area (Å²) in [5.74, 6) is 0.613. The number of rotatable bonds is 3. The van der Waals surface area contributed by atoms with Gasteiger partial charge in [-0.3, -0.25) is 0 Å². The van der Waals surface area contributed by atoms with Gasteiger partial charge >= 0.3 is 0 Å². The molecule has 0 radical (unpaired) electrons. The average Bonchev–Trinajstić information content (AvgIpc) is 2.96. The first-order chi connectivity index (χ1) is 8.72. The molecule has 1 atom stereocenters. The van der Waals surface area contributed by atoms with Crippen LogP contribution in [-0.2, 0) is 19.3 Å². The highest BCUT2D eigenvalue weighted by Gasteiger charge is 2.15. The van der Waals surface area contributed by atoms with Crippen molar-refractivity contribution in [2.75, 3.05) is 0 Å². The van der Waals surface area contributed by atoms with Crippen LogP contribution in [0.2, 0.25) is 0 Å². The molecular weight excluding hydrogens is 292 g/mol. The lowest BCUT2D eigenvalue weighted by Crippen LogP contribution is -2.01. The van der Waals surface area contributed by atoms with E-state index in [0.717, 1.165) is 0 Å². The van der Waals surface area contributed by atoms with Crippen molar-refractivity contribution in [1.82, 2.24) is 0 Å². The molecule has 0 saturated heterocycles. The molecule has 0 amide bonds. The van der Waals surface area contributed by atoms with Gasteiger partial charge in [0.15, 0.2) is 4.67 Å². The smallest absolute Gasteiger partial charge is 0.169 e. The molecule has 1 N–H and O–H groups in total. The molecule has 0 bridgehead atoms. The van der Waals surface area contributed by atoms with Gasteiger partial charge in [-0.15, -0.1) is 0 Å². The molecule has 94 valence electrons. The Kier molecular flexibility index (Phi) is 3.27. The fraction of sp³-hybridized carbons (Fsp3) is 0.333. The number of aryl methyl sites for hydroxylation is 2. The maximum Gasteiger partial charge on any atom is 0.169 e. The monoisotopic (exact) mass is 306 g/mol. The van der Waals surface area contributed by atoms with Crippen molar-refractivity contribution < 1.29 is 9.52 Å². The fourth-order valence-corrected chi connectivity index (χ4v) is 2.90. The molecule has 2 nitrogen and oxygen atoms in total. The Bertz CT molecular complexity index is 559. The quantitative estimate of drug-likeness (QED) is 0.935. The molecule has 3 heteroatoms. The van der Waals surface area contributed by atoms with Crippen molar-refractivity contribution in [3.63, 3.8) is 0 Å². The van der Waals surface area contributed by atoms with Crippen LogP contribution in [0.3, 0.4) is 0 Å². The van der Waals surface area contributed by atoms with Crippen LogP contribution in [0.5, 0.6) is 0 Å². The standard InChI is InChI=1S/C15H15BrO2/c16-15-7-6-14(18-15)13(17)9-10-4-5-11-2-1-3-12(11)8-10/h4-8,13,17H,1-3,9H2. The van der Waals surface area contributed by atoms with E-state index < -0.39 is 6.10 Å². The van der Waals surface area contributed by atoms with Gasteiger partial charge in [0, 0.05) is 6.42 Å². The topological polar surface area (TPSA) is 33.4 Å². The molecule has 2 aromatic rings. The minimum atomic E-state index is -0.573. The van der Waals surface area contributed by atoms with Crippen LogP contribution in [0, 0.1) is 0 Å². The van der Waals surface area contributed by atoms with Crippen molar-refractivity contribution in [3.05, 3.63) is 57.5 Å². The van der Waals surface area contributed by atoms with Crippen LogP contribution in [0.1, 0.15) is 35.0 Å². The van der Waals surface area contributed by atoms with Crippen LogP contribution in [0.15, 0.2) is 39.4 Å². The van der Waals surface area contributed by atoms with Gasteiger partial charge in [0.2, 0.25) is 0 Å². The van der Waals surface area contributed by atoms with E-state index in [-0.39, 0.29) is 0 Å². The minimum absolute atomic E-state index is 0.573. The first-order valence-electron chi connectivity index (χ1n) is 6.26. The fourth-order valence-electron chi connectivity index (χ4n) is 2.58. The van der Waals surface area contributed by atoms with Gasteiger partial charge in [0.25, 0.3) is 0 Å². The SMILES string of the molecule is OC(Cc1ccc2c(c1)CCC2)c1ccc(Br)o1. The van der Waals surface area contributed by atoms with E-state index in [1.807, 2.05) is 6.07 Å². The molecule has 1 aromatic heterocycles. The van der Waals surface area contributed by atoms with Gasteiger partial charge in [-0.2, -0.15) is 0 Å². The van der Waals surface area contributed by atoms with Gasteiger partial charge in [-0.05, 0) is 64.0 Å². The number of aliphatic hydroxyl groups excluding tert-OH is 1. The third kappa shape index (κ3) is 2.38. The molecule has 1 aliphatic carbocycles. The first kappa shape index (κ1) is 12.0. The molecule has 1 unspecified atom stereocenters. The highest BCUT2D eigenvalue weighted by molar-refractivity contribution is 9.10. The average molecular weight is 307 g/mol. The zero-order chi connectivity index (χ0) is 12.5. The van der Waals surface area contributed by atoms with Crippen LogP contribution in [0.4, 0.5) is 0 Å². The predicted octanol–water partition coefficient (Wildman–Crippen LogP) is 3.81. The second-order valence-corrected chi connectivity index (χ2v) is 5.60. The van der Waals surface area contributed by atoms with E-state index in [9.17, 15) is 5.11 Å². The third-order valence-electron chi connectivity index (χ3n) is 3.51. The number of furan rings is 1. The zero-order valence-corrected chi connectivity index (χ0v) is 11.6. The summed E-state index contributed by atoms with van der Waals surface area (Å²) in [6.45, 7) is 0. The largest absolute Gasteiger partial charge is 0.452 e. The highest BCUT2D eigenvalue weighted by atomic mass is 79.9. The first-order valence-corrected chi connectivity index (χ1v) is 7.05. The van der Waals surface area contributed by atoms with Crippen LogP contribution < -0.4 is 0 Å². The van der Waals surface area contributed by atoms with E-state index >= 15 is 0 Å². The number of hydrogen-bond donors (Lipinski definition) is 1. The van der Waals surface area contributed by atoms with Gasteiger partial charge in [-0.1, -0.05) is 18.2 Å². The summed E-state index contributed by atoms with van der Waals surface area (Å²) in [7, 11) is 0. The lowest BCUT2D eigenvalue weighted by atomic mass is 10.0. The van der Waals surface area contributed by atoms with E-state index in [1.54, 1.807) is 6.07 Å². The molecule has 0 spiro atoms. The molecule has 18 heavy (non-hydrogen) atoms. The van der Waals surface area contributed by atoms with Gasteiger partial charge in [-0.25, -0.2) is 0 Å². The molecule has 3 rings (SSSR count). The van der Waals surface area contributed by atoms with Crippen LogP contribution in [-0.4, -0.2) is 5.11 Å². The molecule has 0 saturated carbocycles. The molecule has 0 fully saturated rings. The number of fused-ring (bicyclic) bond motifs is 1. The Morgan fingerprint density at radius 2 is 2.00 bits per heavy atom. The van der Waals surface area contributed by atoms with Crippen molar-refractivity contribution in [2.24, 2.45) is 0 Å². The van der Waals surface area contributed by atoms with Crippen LogP contribution in [0.25, 0.3) is 0 Å². The Morgan fingerprint density at radius 1 is 1.17 bits per heavy atom. The molecule has 0 aliphatic heterocycles. The Hall–Kier alpha value is -1.06. The molecule has 1 aromatic carbocycles. The summed E-state index contributed by atoms with van der Waals surface area (Å²) in [6, 6.07) is 10.2. The Balaban J connectivity index is 1.76. The number of halogens is 1. The summed E-state index contributed by atoms with van der Waals surface area (Å²) in [6.07, 6.45) is 3.66. The van der Waals surface area contributed by atoms with Gasteiger partial charge < -0.3 is 9.52 Å². The summed E-state index contributed by atoms with van der Waals surface area (Å²) in [4.78, 5) is 0. The Labute approximate surface area is 115 Å². The minimum Gasteiger partial charge on any atom is -0.452 e. The summed E-state index contributed by atoms with van der Waals surface area (Å²) in [5, 5.41) is 10.1. The van der Waals surface area contributed by atoms with E-state index in [4.69, 9.17) is 4.42 Å². The second kappa shape index (κ2) is 4.90.